The number of carbonyl (C=O) groups is 1. The predicted molar refractivity (Wildman–Crippen MR) is 136 cm³/mol. The molecule has 0 atom stereocenters. The molecule has 0 bridgehead atoms. The summed E-state index contributed by atoms with van der Waals surface area (Å²) < 4.78 is 6.16. The van der Waals surface area contributed by atoms with Crippen LogP contribution in [0.1, 0.15) is 25.0 Å². The lowest BCUT2D eigenvalue weighted by atomic mass is 10.1. The van der Waals surface area contributed by atoms with Crippen LogP contribution in [0.3, 0.4) is 0 Å². The maximum Gasteiger partial charge on any atom is 0.415 e. The number of benzene rings is 2. The third kappa shape index (κ3) is 5.95. The van der Waals surface area contributed by atoms with Crippen molar-refractivity contribution in [3.63, 3.8) is 0 Å². The highest BCUT2D eigenvalue weighted by Gasteiger charge is 2.30. The van der Waals surface area contributed by atoms with Crippen LogP contribution in [0.5, 0.6) is 5.75 Å². The maximum absolute atomic E-state index is 12.9. The van der Waals surface area contributed by atoms with Crippen LogP contribution in [0.15, 0.2) is 48.5 Å². The van der Waals surface area contributed by atoms with Gasteiger partial charge in [0.15, 0.2) is 0 Å². The van der Waals surface area contributed by atoms with Gasteiger partial charge in [0.1, 0.15) is 5.75 Å². The van der Waals surface area contributed by atoms with Crippen LogP contribution in [-0.4, -0.2) is 40.2 Å². The first kappa shape index (κ1) is 24.2. The molecule has 0 saturated carbocycles. The summed E-state index contributed by atoms with van der Waals surface area (Å²) in [6, 6.07) is 16.8. The van der Waals surface area contributed by atoms with Gasteiger partial charge >= 0.3 is 6.09 Å². The van der Waals surface area contributed by atoms with Crippen molar-refractivity contribution < 1.29 is 9.53 Å². The Hall–Kier alpha value is -2.12. The zero-order valence-corrected chi connectivity index (χ0v) is 21.9. The van der Waals surface area contributed by atoms with E-state index in [1.54, 1.807) is 4.90 Å². The minimum atomic E-state index is -1.75. The monoisotopic (exact) mass is 439 g/mol. The number of hydrogen-bond acceptors (Lipinski definition) is 2. The zero-order chi connectivity index (χ0) is 22.5. The van der Waals surface area contributed by atoms with Crippen LogP contribution in [0, 0.1) is 0 Å². The second-order valence-corrected chi connectivity index (χ2v) is 19.8. The van der Waals surface area contributed by atoms with E-state index in [0.29, 0.717) is 13.1 Å². The summed E-state index contributed by atoms with van der Waals surface area (Å²) in [5.74, 6) is 0.762. The Labute approximate surface area is 184 Å². The molecule has 2 aromatic carbocycles. The molecule has 0 aliphatic carbocycles. The maximum atomic E-state index is 12.9. The fourth-order valence-electron chi connectivity index (χ4n) is 3.50. The number of hydrogen-bond donors (Lipinski definition) is 0. The van der Waals surface area contributed by atoms with Crippen molar-refractivity contribution in [2.75, 3.05) is 13.1 Å². The Morgan fingerprint density at radius 3 is 2.00 bits per heavy atom. The molecule has 2 aromatic rings. The van der Waals surface area contributed by atoms with Gasteiger partial charge in [-0.05, 0) is 29.8 Å². The smallest absolute Gasteiger partial charge is 0.410 e. The third-order valence-corrected chi connectivity index (χ3v) is 9.28. The molecular weight excluding hydrogens is 402 g/mol. The highest BCUT2D eigenvalue weighted by Crippen LogP contribution is 2.35. The summed E-state index contributed by atoms with van der Waals surface area (Å²) in [5, 5.41) is 2.49. The molecule has 0 saturated heterocycles. The average molecular weight is 440 g/mol. The molecule has 162 valence electrons. The zero-order valence-electron chi connectivity index (χ0n) is 19.9. The number of amides is 1. The lowest BCUT2D eigenvalue weighted by Crippen LogP contribution is -2.42. The van der Waals surface area contributed by atoms with Gasteiger partial charge in [0.25, 0.3) is 0 Å². The van der Waals surface area contributed by atoms with Gasteiger partial charge in [-0.2, -0.15) is 0 Å². The first-order valence-electron chi connectivity index (χ1n) is 10.9. The van der Waals surface area contributed by atoms with Crippen LogP contribution in [0.2, 0.25) is 39.3 Å². The first-order valence-corrected chi connectivity index (χ1v) is 17.9. The third-order valence-electron chi connectivity index (χ3n) is 5.24. The molecule has 2 rings (SSSR count). The molecule has 1 amide bonds. The number of para-hydroxylation sites is 1. The molecule has 0 fully saturated rings. The molecule has 0 aliphatic rings. The van der Waals surface area contributed by atoms with E-state index in [4.69, 9.17) is 4.74 Å². The minimum Gasteiger partial charge on any atom is -0.410 e. The molecule has 0 aliphatic heterocycles. The van der Waals surface area contributed by atoms with Crippen molar-refractivity contribution in [2.45, 2.75) is 53.1 Å². The highest BCUT2D eigenvalue weighted by atomic mass is 28.3. The highest BCUT2D eigenvalue weighted by molar-refractivity contribution is 6.95. The van der Waals surface area contributed by atoms with E-state index in [0.717, 1.165) is 11.3 Å². The van der Waals surface area contributed by atoms with Gasteiger partial charge in [0.05, 0.1) is 16.1 Å². The van der Waals surface area contributed by atoms with Crippen molar-refractivity contribution in [1.29, 1.82) is 0 Å². The van der Waals surface area contributed by atoms with Crippen molar-refractivity contribution in [2.24, 2.45) is 0 Å². The predicted octanol–water partition coefficient (Wildman–Crippen LogP) is 6.49. The molecule has 0 unspecified atom stereocenters. The SMILES string of the molecule is CCN(CC)C(=O)Oc1c(/C(=C/c2ccccc2)[Si](C)(C)C)cccc1[Si](C)(C)C. The van der Waals surface area contributed by atoms with Gasteiger partial charge in [-0.25, -0.2) is 4.79 Å². The van der Waals surface area contributed by atoms with E-state index < -0.39 is 16.1 Å². The molecule has 5 heteroatoms. The van der Waals surface area contributed by atoms with Crippen molar-refractivity contribution in [1.82, 2.24) is 4.90 Å². The summed E-state index contributed by atoms with van der Waals surface area (Å²) in [7, 11) is -3.48. The Morgan fingerprint density at radius 2 is 1.50 bits per heavy atom. The molecule has 3 nitrogen and oxygen atoms in total. The summed E-state index contributed by atoms with van der Waals surface area (Å²) in [5.41, 5.74) is 2.24. The fraction of sp³-hybridized carbons (Fsp3) is 0.400. The van der Waals surface area contributed by atoms with E-state index in [-0.39, 0.29) is 6.09 Å². The fourth-order valence-corrected chi connectivity index (χ4v) is 6.57. The van der Waals surface area contributed by atoms with E-state index in [9.17, 15) is 4.79 Å². The van der Waals surface area contributed by atoms with Crippen LogP contribution in [0.4, 0.5) is 4.79 Å². The second-order valence-electron chi connectivity index (χ2n) is 9.69. The van der Waals surface area contributed by atoms with Crippen molar-refractivity contribution >= 4 is 38.7 Å². The largest absolute Gasteiger partial charge is 0.415 e. The Bertz CT molecular complexity index is 890. The van der Waals surface area contributed by atoms with Gasteiger partial charge in [-0.3, -0.25) is 0 Å². The lowest BCUT2D eigenvalue weighted by Gasteiger charge is -2.29. The van der Waals surface area contributed by atoms with Crippen LogP contribution < -0.4 is 9.92 Å². The normalized spacial score (nSPS) is 12.6. The van der Waals surface area contributed by atoms with Gasteiger partial charge in [-0.15, -0.1) is 0 Å². The van der Waals surface area contributed by atoms with Gasteiger partial charge < -0.3 is 9.64 Å². The van der Waals surface area contributed by atoms with E-state index in [1.165, 1.54) is 15.9 Å². The van der Waals surface area contributed by atoms with E-state index >= 15 is 0 Å². The van der Waals surface area contributed by atoms with Gasteiger partial charge in [-0.1, -0.05) is 93.9 Å². The van der Waals surface area contributed by atoms with Gasteiger partial charge in [0, 0.05) is 18.7 Å². The minimum absolute atomic E-state index is 0.262. The van der Waals surface area contributed by atoms with E-state index in [2.05, 4.69) is 87.8 Å². The van der Waals surface area contributed by atoms with E-state index in [1.807, 2.05) is 19.9 Å². The second kappa shape index (κ2) is 9.79. The molecule has 0 heterocycles. The van der Waals surface area contributed by atoms with Crippen molar-refractivity contribution in [3.05, 3.63) is 59.7 Å². The Kier molecular flexibility index (Phi) is 7.89. The van der Waals surface area contributed by atoms with Gasteiger partial charge in [0.2, 0.25) is 0 Å². The molecular formula is C25H37NO2Si2. The quantitative estimate of drug-likeness (QED) is 0.364. The molecule has 0 aromatic heterocycles. The van der Waals surface area contributed by atoms with Crippen LogP contribution in [-0.2, 0) is 0 Å². The number of carbonyl (C=O) groups excluding carboxylic acids is 1. The molecule has 0 radical (unpaired) electrons. The first-order chi connectivity index (χ1) is 14.0. The lowest BCUT2D eigenvalue weighted by molar-refractivity contribution is 0.157. The Morgan fingerprint density at radius 1 is 0.900 bits per heavy atom. The topological polar surface area (TPSA) is 29.5 Å². The summed E-state index contributed by atoms with van der Waals surface area (Å²) in [6.07, 6.45) is 2.02. The molecule has 0 N–H and O–H groups in total. The van der Waals surface area contributed by atoms with Crippen LogP contribution >= 0.6 is 0 Å². The molecule has 0 spiro atoms. The van der Waals surface area contributed by atoms with Crippen LogP contribution in [0.25, 0.3) is 11.3 Å². The summed E-state index contributed by atoms with van der Waals surface area (Å²) in [4.78, 5) is 14.7. The number of ether oxygens (including phenoxy) is 1. The average Bonchev–Trinajstić information content (AvgIpc) is 2.66. The summed E-state index contributed by atoms with van der Waals surface area (Å²) in [6.45, 7) is 19.2. The Balaban J connectivity index is 2.73. The van der Waals surface area contributed by atoms with Crippen molar-refractivity contribution in [3.8, 4) is 5.75 Å². The number of nitrogens with zero attached hydrogens (tertiary/aromatic N) is 1. The molecule has 30 heavy (non-hydrogen) atoms. The summed E-state index contributed by atoms with van der Waals surface area (Å²) >= 11 is 0. The standard InChI is InChI=1S/C25H37NO2Si2/c1-9-26(10-2)25(27)28-24-21(17-14-18-22(24)29(3,4)5)23(30(6,7)8)19-20-15-12-11-13-16-20/h11-19H,9-10H2,1-8H3/b23-19-. The number of rotatable bonds is 7.